The summed E-state index contributed by atoms with van der Waals surface area (Å²) in [7, 11) is -3.12. The number of alkyl halides is 3. The summed E-state index contributed by atoms with van der Waals surface area (Å²) in [6.07, 6.45) is -1.13. The largest absolute Gasteiger partial charge is 0.511 e. The van der Waals surface area contributed by atoms with E-state index < -0.39 is 34.9 Å². The Morgan fingerprint density at radius 1 is 1.29 bits per heavy atom. The molecule has 0 radical (unpaired) electrons. The predicted molar refractivity (Wildman–Crippen MR) is 87.2 cm³/mol. The molecule has 0 atom stereocenters. The van der Waals surface area contributed by atoms with Crippen LogP contribution in [0.15, 0.2) is 22.7 Å². The van der Waals surface area contributed by atoms with E-state index in [1.165, 1.54) is 14.2 Å². The lowest BCUT2D eigenvalue weighted by Gasteiger charge is -2.26. The third kappa shape index (κ3) is 5.57. The number of benzene rings is 1. The second kappa shape index (κ2) is 8.81. The minimum absolute atomic E-state index is 0.00622. The molecule has 0 aliphatic rings. The second-order valence-electron chi connectivity index (χ2n) is 4.70. The highest BCUT2D eigenvalue weighted by Gasteiger charge is 2.50. The van der Waals surface area contributed by atoms with Crippen LogP contribution in [-0.2, 0) is 25.9 Å². The first-order chi connectivity index (χ1) is 11.0. The molecule has 0 heterocycles. The average molecular weight is 455 g/mol. The quantitative estimate of drug-likeness (QED) is 0.565. The third-order valence-electron chi connectivity index (χ3n) is 3.15. The number of nitrogens with zero attached hydrogens (tertiary/aromatic N) is 1. The van der Waals surface area contributed by atoms with Crippen molar-refractivity contribution in [3.8, 4) is 0 Å². The Morgan fingerprint density at radius 2 is 1.88 bits per heavy atom. The lowest BCUT2D eigenvalue weighted by atomic mass is 10.1. The predicted octanol–water partition coefficient (Wildman–Crippen LogP) is 3.42. The zero-order valence-corrected chi connectivity index (χ0v) is 16.0. The standard InChI is InChI=1S/C13H16BrClF3NO4S/c1-22-12(23-2)8-19(24(20,21)13(16,17)18)6-5-9-7-10(14)3-4-11(9)15/h3-4,7,12H,5-6,8H2,1-2H3. The first-order valence-electron chi connectivity index (χ1n) is 6.59. The zero-order valence-electron chi connectivity index (χ0n) is 12.8. The van der Waals surface area contributed by atoms with Gasteiger partial charge in [-0.1, -0.05) is 27.5 Å². The molecule has 0 aromatic heterocycles. The molecule has 0 saturated heterocycles. The van der Waals surface area contributed by atoms with Gasteiger partial charge in [0.15, 0.2) is 6.29 Å². The van der Waals surface area contributed by atoms with Crippen LogP contribution in [0.5, 0.6) is 0 Å². The maximum absolute atomic E-state index is 12.9. The summed E-state index contributed by atoms with van der Waals surface area (Å²) < 4.78 is 72.6. The van der Waals surface area contributed by atoms with E-state index in [1.807, 2.05) is 0 Å². The molecular formula is C13H16BrClF3NO4S. The number of hydrogen-bond acceptors (Lipinski definition) is 4. The molecule has 0 unspecified atom stereocenters. The monoisotopic (exact) mass is 453 g/mol. The second-order valence-corrected chi connectivity index (χ2v) is 7.95. The summed E-state index contributed by atoms with van der Waals surface area (Å²) in [5.41, 5.74) is -4.90. The number of sulfonamides is 1. The van der Waals surface area contributed by atoms with Crippen molar-refractivity contribution in [2.24, 2.45) is 0 Å². The van der Waals surface area contributed by atoms with Gasteiger partial charge in [0.25, 0.3) is 0 Å². The van der Waals surface area contributed by atoms with E-state index in [4.69, 9.17) is 21.1 Å². The Kier molecular flexibility index (Phi) is 7.95. The van der Waals surface area contributed by atoms with E-state index in [0.717, 1.165) is 0 Å². The summed E-state index contributed by atoms with van der Waals surface area (Å²) in [6, 6.07) is 4.85. The van der Waals surface area contributed by atoms with Crippen LogP contribution >= 0.6 is 27.5 Å². The minimum Gasteiger partial charge on any atom is -0.354 e. The van der Waals surface area contributed by atoms with Gasteiger partial charge in [0.2, 0.25) is 0 Å². The van der Waals surface area contributed by atoms with Crippen LogP contribution in [0.4, 0.5) is 13.2 Å². The molecule has 1 aromatic carbocycles. The molecule has 24 heavy (non-hydrogen) atoms. The van der Waals surface area contributed by atoms with Crippen molar-refractivity contribution in [3.63, 3.8) is 0 Å². The van der Waals surface area contributed by atoms with Crippen molar-refractivity contribution in [3.05, 3.63) is 33.3 Å². The van der Waals surface area contributed by atoms with E-state index in [1.54, 1.807) is 18.2 Å². The fourth-order valence-electron chi connectivity index (χ4n) is 1.85. The number of ether oxygens (including phenoxy) is 2. The molecular weight excluding hydrogens is 439 g/mol. The van der Waals surface area contributed by atoms with Gasteiger partial charge in [0.05, 0.1) is 6.54 Å². The number of rotatable bonds is 8. The lowest BCUT2D eigenvalue weighted by Crippen LogP contribution is -2.46. The highest BCUT2D eigenvalue weighted by atomic mass is 79.9. The molecule has 0 saturated carbocycles. The third-order valence-corrected chi connectivity index (χ3v) is 5.61. The molecule has 1 aromatic rings. The fraction of sp³-hybridized carbons (Fsp3) is 0.538. The molecule has 0 amide bonds. The van der Waals surface area contributed by atoms with Crippen LogP contribution in [0, 0.1) is 0 Å². The van der Waals surface area contributed by atoms with Crippen LogP contribution in [0.1, 0.15) is 5.56 Å². The SMILES string of the molecule is COC(CN(CCc1cc(Br)ccc1Cl)S(=O)(=O)C(F)(F)F)OC. The Labute approximate surface area is 151 Å². The van der Waals surface area contributed by atoms with Gasteiger partial charge >= 0.3 is 15.5 Å². The molecule has 0 aliphatic carbocycles. The first-order valence-corrected chi connectivity index (χ1v) is 9.20. The van der Waals surface area contributed by atoms with Gasteiger partial charge < -0.3 is 9.47 Å². The Morgan fingerprint density at radius 3 is 2.38 bits per heavy atom. The molecule has 138 valence electrons. The Hall–Kier alpha value is -0.390. The van der Waals surface area contributed by atoms with Gasteiger partial charge in [-0.25, -0.2) is 8.42 Å². The average Bonchev–Trinajstić information content (AvgIpc) is 2.49. The van der Waals surface area contributed by atoms with Crippen LogP contribution in [0.25, 0.3) is 0 Å². The number of halogens is 5. The van der Waals surface area contributed by atoms with E-state index >= 15 is 0 Å². The van der Waals surface area contributed by atoms with Gasteiger partial charge in [-0.2, -0.15) is 17.5 Å². The molecule has 0 aliphatic heterocycles. The van der Waals surface area contributed by atoms with Crippen LogP contribution in [0.2, 0.25) is 5.02 Å². The van der Waals surface area contributed by atoms with Crippen molar-refractivity contribution in [1.82, 2.24) is 4.31 Å². The zero-order chi connectivity index (χ0) is 18.5. The summed E-state index contributed by atoms with van der Waals surface area (Å²) in [4.78, 5) is 0. The maximum Gasteiger partial charge on any atom is 0.511 e. The molecule has 0 fully saturated rings. The lowest BCUT2D eigenvalue weighted by molar-refractivity contribution is -0.110. The van der Waals surface area contributed by atoms with Crippen molar-refractivity contribution >= 4 is 37.6 Å². The molecule has 11 heteroatoms. The van der Waals surface area contributed by atoms with Crippen molar-refractivity contribution in [1.29, 1.82) is 0 Å². The summed E-state index contributed by atoms with van der Waals surface area (Å²) in [5.74, 6) is 0. The normalized spacial score (nSPS) is 13.0. The van der Waals surface area contributed by atoms with E-state index in [2.05, 4.69) is 15.9 Å². The van der Waals surface area contributed by atoms with Gasteiger partial charge in [-0.3, -0.25) is 0 Å². The van der Waals surface area contributed by atoms with E-state index in [0.29, 0.717) is 15.1 Å². The van der Waals surface area contributed by atoms with Gasteiger partial charge in [-0.05, 0) is 30.2 Å². The van der Waals surface area contributed by atoms with Crippen molar-refractivity contribution in [2.75, 3.05) is 27.3 Å². The van der Waals surface area contributed by atoms with Gasteiger partial charge in [-0.15, -0.1) is 0 Å². The molecule has 0 bridgehead atoms. The number of methoxy groups -OCH3 is 2. The molecule has 5 nitrogen and oxygen atoms in total. The summed E-state index contributed by atoms with van der Waals surface area (Å²) >= 11 is 9.21. The van der Waals surface area contributed by atoms with Crippen LogP contribution in [0.3, 0.4) is 0 Å². The maximum atomic E-state index is 12.9. The summed E-state index contributed by atoms with van der Waals surface area (Å²) in [5, 5.41) is 0.331. The fourth-order valence-corrected chi connectivity index (χ4v) is 3.41. The Bertz CT molecular complexity index is 653. The topological polar surface area (TPSA) is 55.8 Å². The van der Waals surface area contributed by atoms with Crippen LogP contribution in [-0.4, -0.2) is 51.8 Å². The van der Waals surface area contributed by atoms with Gasteiger partial charge in [0.1, 0.15) is 0 Å². The smallest absolute Gasteiger partial charge is 0.354 e. The first kappa shape index (κ1) is 21.7. The Balaban J connectivity index is 3.03. The van der Waals surface area contributed by atoms with Crippen LogP contribution < -0.4 is 0 Å². The van der Waals surface area contributed by atoms with Gasteiger partial charge in [0, 0.05) is 30.3 Å². The van der Waals surface area contributed by atoms with E-state index in [9.17, 15) is 21.6 Å². The molecule has 1 rings (SSSR count). The number of hydrogen-bond donors (Lipinski definition) is 0. The molecule has 0 spiro atoms. The van der Waals surface area contributed by atoms with E-state index in [-0.39, 0.29) is 10.7 Å². The minimum atomic E-state index is -5.53. The van der Waals surface area contributed by atoms with Crippen molar-refractivity contribution < 1.29 is 31.1 Å². The highest BCUT2D eigenvalue weighted by molar-refractivity contribution is 9.10. The molecule has 0 N–H and O–H groups in total. The summed E-state index contributed by atoms with van der Waals surface area (Å²) in [6.45, 7) is -1.03. The van der Waals surface area contributed by atoms with Crippen molar-refractivity contribution in [2.45, 2.75) is 18.2 Å². The highest BCUT2D eigenvalue weighted by Crippen LogP contribution is 2.28.